The Kier molecular flexibility index (Phi) is 10.7. The van der Waals surface area contributed by atoms with E-state index >= 15 is 0 Å². The molecule has 9 heteroatoms. The molecule has 36 heavy (non-hydrogen) atoms. The summed E-state index contributed by atoms with van der Waals surface area (Å²) in [5.41, 5.74) is 1.50. The van der Waals surface area contributed by atoms with Crippen LogP contribution in [-0.4, -0.2) is 72.0 Å². The number of carbonyl (C=O) groups is 2. The normalized spacial score (nSPS) is 17.5. The van der Waals surface area contributed by atoms with Crippen LogP contribution >= 0.6 is 17.0 Å². The quantitative estimate of drug-likeness (QED) is 0.450. The fraction of sp³-hybridized carbons (Fsp3) is 0.519. The van der Waals surface area contributed by atoms with Crippen LogP contribution in [0.1, 0.15) is 56.3 Å². The number of aromatic nitrogens is 1. The van der Waals surface area contributed by atoms with E-state index in [-0.39, 0.29) is 28.9 Å². The first-order valence-electron chi connectivity index (χ1n) is 13.0. The second-order valence-corrected chi connectivity index (χ2v) is 9.40. The summed E-state index contributed by atoms with van der Waals surface area (Å²) < 4.78 is 0. The topological polar surface area (TPSA) is 80.8 Å². The monoisotopic (exact) mass is 558 g/mol. The van der Waals surface area contributed by atoms with E-state index in [2.05, 4.69) is 39.3 Å². The summed E-state index contributed by atoms with van der Waals surface area (Å²) in [7, 11) is 0. The maximum absolute atomic E-state index is 13.5. The molecule has 1 atom stereocenters. The molecule has 0 saturated carbocycles. The van der Waals surface area contributed by atoms with E-state index in [1.807, 2.05) is 6.07 Å². The summed E-state index contributed by atoms with van der Waals surface area (Å²) in [6.07, 6.45) is 7.67. The smallest absolute Gasteiger partial charge is 0.327 e. The number of para-hydroxylation sites is 1. The molecular formula is C27H39BrN6O2. The zero-order valence-corrected chi connectivity index (χ0v) is 23.1. The van der Waals surface area contributed by atoms with E-state index in [0.29, 0.717) is 35.3 Å². The van der Waals surface area contributed by atoms with Crippen molar-refractivity contribution in [2.24, 2.45) is 0 Å². The first-order valence-corrected chi connectivity index (χ1v) is 13.0. The first-order chi connectivity index (χ1) is 17.1. The van der Waals surface area contributed by atoms with Crippen molar-refractivity contribution < 1.29 is 9.59 Å². The largest absolute Gasteiger partial charge is 0.336 e. The van der Waals surface area contributed by atoms with Gasteiger partial charge in [-0.3, -0.25) is 9.69 Å². The Morgan fingerprint density at radius 2 is 1.92 bits per heavy atom. The van der Waals surface area contributed by atoms with Gasteiger partial charge in [0.05, 0.1) is 16.9 Å². The number of halogens is 1. The molecule has 2 N–H and O–H groups in total. The number of carbonyl (C=O) groups excluding carboxylic acids is 2. The van der Waals surface area contributed by atoms with Gasteiger partial charge in [0.25, 0.3) is 5.91 Å². The van der Waals surface area contributed by atoms with Crippen LogP contribution in [0, 0.1) is 0 Å². The third-order valence-corrected chi connectivity index (χ3v) is 6.81. The highest BCUT2D eigenvalue weighted by Gasteiger charge is 2.30. The van der Waals surface area contributed by atoms with Gasteiger partial charge in [0.2, 0.25) is 0 Å². The Labute approximate surface area is 225 Å². The molecular weight excluding hydrogens is 520 g/mol. The van der Waals surface area contributed by atoms with Crippen molar-refractivity contribution in [1.29, 1.82) is 0 Å². The fourth-order valence-electron chi connectivity index (χ4n) is 5.21. The third-order valence-electron chi connectivity index (χ3n) is 6.81. The van der Waals surface area contributed by atoms with Gasteiger partial charge in [-0.25, -0.2) is 14.7 Å². The molecule has 3 heterocycles. The summed E-state index contributed by atoms with van der Waals surface area (Å²) in [4.78, 5) is 37.3. The average molecular weight is 560 g/mol. The van der Waals surface area contributed by atoms with Gasteiger partial charge < -0.3 is 15.5 Å². The summed E-state index contributed by atoms with van der Waals surface area (Å²) in [5.74, 6) is 0.180. The number of amides is 3. The molecule has 1 aromatic carbocycles. The lowest BCUT2D eigenvalue weighted by Gasteiger charge is -2.39. The number of urea groups is 1. The van der Waals surface area contributed by atoms with Gasteiger partial charge in [-0.1, -0.05) is 32.4 Å². The molecule has 2 aliphatic rings. The van der Waals surface area contributed by atoms with Crippen molar-refractivity contribution in [2.45, 2.75) is 52.0 Å². The highest BCUT2D eigenvalue weighted by Crippen LogP contribution is 2.36. The molecule has 2 aliphatic heterocycles. The Balaban J connectivity index is 0.00000361. The Morgan fingerprint density at radius 1 is 1.14 bits per heavy atom. The maximum Gasteiger partial charge on any atom is 0.327 e. The minimum absolute atomic E-state index is 0. The Hall–Kier alpha value is -2.49. The molecule has 0 radical (unpaired) electrons. The van der Waals surface area contributed by atoms with E-state index in [9.17, 15) is 9.59 Å². The summed E-state index contributed by atoms with van der Waals surface area (Å²) in [6, 6.07) is 10.9. The van der Waals surface area contributed by atoms with Gasteiger partial charge >= 0.3 is 6.03 Å². The number of hydrogen-bond acceptors (Lipinski definition) is 5. The molecule has 1 fully saturated rings. The number of piperidine rings is 1. The van der Waals surface area contributed by atoms with Crippen molar-refractivity contribution in [3.8, 4) is 0 Å². The molecule has 0 aliphatic carbocycles. The number of anilines is 3. The number of hydrogen-bond donors (Lipinski definition) is 2. The maximum atomic E-state index is 13.5. The van der Waals surface area contributed by atoms with Gasteiger partial charge in [-0.05, 0) is 69.6 Å². The van der Waals surface area contributed by atoms with Gasteiger partial charge in [-0.2, -0.15) is 0 Å². The Morgan fingerprint density at radius 3 is 2.69 bits per heavy atom. The number of fused-ring (bicyclic) bond motifs is 2. The van der Waals surface area contributed by atoms with Crippen LogP contribution in [0.2, 0.25) is 0 Å². The molecule has 0 spiro atoms. The van der Waals surface area contributed by atoms with E-state index in [1.165, 1.54) is 37.0 Å². The van der Waals surface area contributed by atoms with E-state index in [4.69, 9.17) is 0 Å². The van der Waals surface area contributed by atoms with Gasteiger partial charge in [0.15, 0.2) is 5.82 Å². The standard InChI is InChI=1S/C27H38N6O2.BrH/c1-3-16-31(17-4-2)20-21-10-7-8-18-32(21)19-15-29-27(35)33-24-13-6-5-11-22(24)26(34)30-23-12-9-14-28-25(23)33;/h5-6,9,11-14,21H,3-4,7-8,10,15-20H2,1-2H3,(H,29,35)(H,30,34);1H. The van der Waals surface area contributed by atoms with Crippen molar-refractivity contribution >= 4 is 46.1 Å². The van der Waals surface area contributed by atoms with Crippen LogP contribution in [0.3, 0.4) is 0 Å². The second kappa shape index (κ2) is 13.7. The molecule has 2 aromatic rings. The number of likely N-dealkylation sites (tertiary alicyclic amines) is 1. The van der Waals surface area contributed by atoms with Crippen LogP contribution in [0.25, 0.3) is 0 Å². The Bertz CT molecular complexity index is 1010. The van der Waals surface area contributed by atoms with Crippen molar-refractivity contribution in [3.05, 3.63) is 48.2 Å². The zero-order chi connectivity index (χ0) is 24.6. The van der Waals surface area contributed by atoms with Crippen LogP contribution in [0.4, 0.5) is 22.0 Å². The van der Waals surface area contributed by atoms with E-state index in [0.717, 1.165) is 32.7 Å². The number of nitrogens with one attached hydrogen (secondary N) is 2. The molecule has 196 valence electrons. The highest BCUT2D eigenvalue weighted by atomic mass is 79.9. The summed E-state index contributed by atoms with van der Waals surface area (Å²) in [5, 5.41) is 5.98. The van der Waals surface area contributed by atoms with Crippen LogP contribution < -0.4 is 15.5 Å². The zero-order valence-electron chi connectivity index (χ0n) is 21.4. The van der Waals surface area contributed by atoms with E-state index < -0.39 is 0 Å². The van der Waals surface area contributed by atoms with Gasteiger partial charge in [-0.15, -0.1) is 17.0 Å². The van der Waals surface area contributed by atoms with Gasteiger partial charge in [0.1, 0.15) is 0 Å². The number of rotatable bonds is 9. The second-order valence-electron chi connectivity index (χ2n) is 9.40. The molecule has 1 aromatic heterocycles. The molecule has 1 unspecified atom stereocenters. The number of benzene rings is 1. The number of nitrogens with zero attached hydrogens (tertiary/aromatic N) is 4. The molecule has 8 nitrogen and oxygen atoms in total. The lowest BCUT2D eigenvalue weighted by molar-refractivity contribution is 0.102. The van der Waals surface area contributed by atoms with Crippen LogP contribution in [-0.2, 0) is 0 Å². The molecule has 4 rings (SSSR count). The average Bonchev–Trinajstić information content (AvgIpc) is 2.99. The minimum atomic E-state index is -0.277. The first kappa shape index (κ1) is 28.1. The van der Waals surface area contributed by atoms with Crippen molar-refractivity contribution in [1.82, 2.24) is 20.1 Å². The van der Waals surface area contributed by atoms with E-state index in [1.54, 1.807) is 36.5 Å². The molecule has 0 bridgehead atoms. The molecule has 1 saturated heterocycles. The molecule has 3 amide bonds. The predicted molar refractivity (Wildman–Crippen MR) is 151 cm³/mol. The SMILES string of the molecule is Br.CCCN(CCC)CC1CCCCN1CCNC(=O)N1c2ccccc2C(=O)Nc2cccnc21. The lowest BCUT2D eigenvalue weighted by atomic mass is 10.0. The third kappa shape index (κ3) is 6.63. The minimum Gasteiger partial charge on any atom is -0.336 e. The van der Waals surface area contributed by atoms with Crippen LogP contribution in [0.15, 0.2) is 42.6 Å². The summed E-state index contributed by atoms with van der Waals surface area (Å²) in [6.45, 7) is 10.3. The summed E-state index contributed by atoms with van der Waals surface area (Å²) >= 11 is 0. The van der Waals surface area contributed by atoms with Crippen molar-refractivity contribution in [3.63, 3.8) is 0 Å². The fourth-order valence-corrected chi connectivity index (χ4v) is 5.21. The predicted octanol–water partition coefficient (Wildman–Crippen LogP) is 5.05. The number of pyridine rings is 1. The lowest BCUT2D eigenvalue weighted by Crippen LogP contribution is -2.50. The van der Waals surface area contributed by atoms with Gasteiger partial charge in [0, 0.05) is 31.9 Å². The highest BCUT2D eigenvalue weighted by molar-refractivity contribution is 8.93. The van der Waals surface area contributed by atoms with Crippen molar-refractivity contribution in [2.75, 3.05) is 49.5 Å². The van der Waals surface area contributed by atoms with Crippen LogP contribution in [0.5, 0.6) is 0 Å².